The Hall–Kier alpha value is -2.07. The molecule has 0 aliphatic rings. The first-order chi connectivity index (χ1) is 8.83. The first kappa shape index (κ1) is 11.0. The van der Waals surface area contributed by atoms with Gasteiger partial charge in [-0.1, -0.05) is 17.7 Å². The molecule has 5 heteroatoms. The van der Waals surface area contributed by atoms with Gasteiger partial charge < -0.3 is 9.72 Å². The third-order valence-electron chi connectivity index (χ3n) is 2.63. The lowest BCUT2D eigenvalue weighted by Crippen LogP contribution is -2.00. The number of halogens is 1. The Balaban J connectivity index is 1.79. The maximum Gasteiger partial charge on any atom is 0.152 e. The van der Waals surface area contributed by atoms with Crippen LogP contribution in [0.4, 0.5) is 5.69 Å². The number of anilines is 1. The molecule has 0 saturated heterocycles. The molecule has 0 aliphatic carbocycles. The molecule has 4 nitrogen and oxygen atoms in total. The van der Waals surface area contributed by atoms with Crippen LogP contribution in [0.2, 0.25) is 5.15 Å². The van der Waals surface area contributed by atoms with Gasteiger partial charge >= 0.3 is 0 Å². The zero-order chi connectivity index (χ0) is 12.4. The number of rotatable bonds is 3. The summed E-state index contributed by atoms with van der Waals surface area (Å²) < 4.78 is 1.99. The number of imidazole rings is 1. The van der Waals surface area contributed by atoms with Crippen molar-refractivity contribution in [2.45, 2.75) is 6.54 Å². The molecule has 18 heavy (non-hydrogen) atoms. The normalized spacial score (nSPS) is 10.7. The van der Waals surface area contributed by atoms with Crippen LogP contribution >= 0.6 is 11.6 Å². The van der Waals surface area contributed by atoms with Crippen molar-refractivity contribution < 1.29 is 0 Å². The molecule has 3 aromatic heterocycles. The number of fused-ring (bicyclic) bond motifs is 1. The standard InChI is InChI=1S/C13H11ClN4/c14-13-11(4-3-6-15-13)16-8-10-9-18-7-2-1-5-12(18)17-10/h1-7,9,16H,8H2. The van der Waals surface area contributed by atoms with Crippen LogP contribution in [-0.4, -0.2) is 14.4 Å². The van der Waals surface area contributed by atoms with Crippen molar-refractivity contribution in [3.63, 3.8) is 0 Å². The molecule has 1 N–H and O–H groups in total. The van der Waals surface area contributed by atoms with E-state index in [1.165, 1.54) is 0 Å². The van der Waals surface area contributed by atoms with Gasteiger partial charge in [0.25, 0.3) is 0 Å². The molecule has 0 fully saturated rings. The summed E-state index contributed by atoms with van der Waals surface area (Å²) in [7, 11) is 0. The lowest BCUT2D eigenvalue weighted by molar-refractivity contribution is 1.07. The molecule has 0 aliphatic heterocycles. The van der Waals surface area contributed by atoms with Crippen LogP contribution in [0.15, 0.2) is 48.9 Å². The van der Waals surface area contributed by atoms with Crippen molar-refractivity contribution in [1.29, 1.82) is 0 Å². The second kappa shape index (κ2) is 4.66. The van der Waals surface area contributed by atoms with Gasteiger partial charge in [0.2, 0.25) is 0 Å². The first-order valence-electron chi connectivity index (χ1n) is 5.60. The molecule has 3 aromatic rings. The summed E-state index contributed by atoms with van der Waals surface area (Å²) in [6.07, 6.45) is 5.63. The van der Waals surface area contributed by atoms with E-state index in [-0.39, 0.29) is 0 Å². The highest BCUT2D eigenvalue weighted by atomic mass is 35.5. The minimum Gasteiger partial charge on any atom is -0.377 e. The maximum absolute atomic E-state index is 5.97. The number of hydrogen-bond acceptors (Lipinski definition) is 3. The fourth-order valence-electron chi connectivity index (χ4n) is 1.78. The van der Waals surface area contributed by atoms with Gasteiger partial charge in [0.1, 0.15) is 5.65 Å². The van der Waals surface area contributed by atoms with Crippen LogP contribution in [0.3, 0.4) is 0 Å². The lowest BCUT2D eigenvalue weighted by Gasteiger charge is -2.04. The number of pyridine rings is 2. The van der Waals surface area contributed by atoms with Crippen LogP contribution in [0.1, 0.15) is 5.69 Å². The summed E-state index contributed by atoms with van der Waals surface area (Å²) in [4.78, 5) is 8.51. The van der Waals surface area contributed by atoms with Gasteiger partial charge in [-0.3, -0.25) is 0 Å². The molecule has 0 bridgehead atoms. The summed E-state index contributed by atoms with van der Waals surface area (Å²) in [5.74, 6) is 0. The van der Waals surface area contributed by atoms with Crippen molar-refractivity contribution >= 4 is 22.9 Å². The van der Waals surface area contributed by atoms with E-state index in [1.807, 2.05) is 47.1 Å². The zero-order valence-electron chi connectivity index (χ0n) is 9.55. The zero-order valence-corrected chi connectivity index (χ0v) is 10.3. The Kier molecular flexibility index (Phi) is 2.86. The van der Waals surface area contributed by atoms with E-state index in [4.69, 9.17) is 11.6 Å². The first-order valence-corrected chi connectivity index (χ1v) is 5.98. The molecule has 0 aromatic carbocycles. The predicted molar refractivity (Wildman–Crippen MR) is 71.8 cm³/mol. The molecule has 3 rings (SSSR count). The van der Waals surface area contributed by atoms with Crippen molar-refractivity contribution in [3.05, 3.63) is 59.8 Å². The average Bonchev–Trinajstić information content (AvgIpc) is 2.80. The molecule has 0 unspecified atom stereocenters. The SMILES string of the molecule is Clc1ncccc1NCc1cn2ccccc2n1. The van der Waals surface area contributed by atoms with Gasteiger partial charge in [-0.25, -0.2) is 9.97 Å². The van der Waals surface area contributed by atoms with Gasteiger partial charge in [-0.15, -0.1) is 0 Å². The maximum atomic E-state index is 5.97. The molecule has 3 heterocycles. The van der Waals surface area contributed by atoms with E-state index in [1.54, 1.807) is 6.20 Å². The molecule has 0 amide bonds. The minimum absolute atomic E-state index is 0.473. The Labute approximate surface area is 109 Å². The van der Waals surface area contributed by atoms with E-state index >= 15 is 0 Å². The summed E-state index contributed by atoms with van der Waals surface area (Å²) in [6, 6.07) is 9.66. The largest absolute Gasteiger partial charge is 0.377 e. The highest BCUT2D eigenvalue weighted by Gasteiger charge is 2.03. The quantitative estimate of drug-likeness (QED) is 0.735. The van der Waals surface area contributed by atoms with Crippen molar-refractivity contribution in [1.82, 2.24) is 14.4 Å². The van der Waals surface area contributed by atoms with E-state index in [0.29, 0.717) is 11.7 Å². The minimum atomic E-state index is 0.473. The van der Waals surface area contributed by atoms with E-state index in [0.717, 1.165) is 17.0 Å². The summed E-state index contributed by atoms with van der Waals surface area (Å²) in [5, 5.41) is 3.69. The van der Waals surface area contributed by atoms with E-state index in [2.05, 4.69) is 15.3 Å². The topological polar surface area (TPSA) is 42.2 Å². The highest BCUT2D eigenvalue weighted by molar-refractivity contribution is 6.31. The highest BCUT2D eigenvalue weighted by Crippen LogP contribution is 2.18. The monoisotopic (exact) mass is 258 g/mol. The third kappa shape index (κ3) is 2.15. The molecule has 0 atom stereocenters. The lowest BCUT2D eigenvalue weighted by atomic mass is 10.4. The number of hydrogen-bond donors (Lipinski definition) is 1. The van der Waals surface area contributed by atoms with Crippen molar-refractivity contribution in [2.24, 2.45) is 0 Å². The predicted octanol–water partition coefficient (Wildman–Crippen LogP) is 2.99. The summed E-state index contributed by atoms with van der Waals surface area (Å²) in [6.45, 7) is 0.618. The van der Waals surface area contributed by atoms with Gasteiger partial charge in [0, 0.05) is 18.6 Å². The Morgan fingerprint density at radius 2 is 2.17 bits per heavy atom. The van der Waals surface area contributed by atoms with Gasteiger partial charge in [0.15, 0.2) is 5.15 Å². The average molecular weight is 259 g/mol. The van der Waals surface area contributed by atoms with Crippen molar-refractivity contribution in [2.75, 3.05) is 5.32 Å². The number of aromatic nitrogens is 3. The van der Waals surface area contributed by atoms with E-state index in [9.17, 15) is 0 Å². The summed E-state index contributed by atoms with van der Waals surface area (Å²) in [5.41, 5.74) is 2.71. The van der Waals surface area contributed by atoms with Crippen molar-refractivity contribution in [3.8, 4) is 0 Å². The summed E-state index contributed by atoms with van der Waals surface area (Å²) >= 11 is 5.97. The number of nitrogens with zero attached hydrogens (tertiary/aromatic N) is 3. The van der Waals surface area contributed by atoms with Crippen LogP contribution in [-0.2, 0) is 6.54 Å². The van der Waals surface area contributed by atoms with Crippen LogP contribution in [0.25, 0.3) is 5.65 Å². The molecular formula is C13H11ClN4. The second-order valence-electron chi connectivity index (χ2n) is 3.89. The van der Waals surface area contributed by atoms with Gasteiger partial charge in [-0.05, 0) is 24.3 Å². The molecule has 0 saturated carbocycles. The van der Waals surface area contributed by atoms with Crippen LogP contribution < -0.4 is 5.32 Å². The van der Waals surface area contributed by atoms with Gasteiger partial charge in [-0.2, -0.15) is 0 Å². The van der Waals surface area contributed by atoms with Crippen LogP contribution in [0, 0.1) is 0 Å². The third-order valence-corrected chi connectivity index (χ3v) is 2.93. The van der Waals surface area contributed by atoms with Crippen LogP contribution in [0.5, 0.6) is 0 Å². The fraction of sp³-hybridized carbons (Fsp3) is 0.0769. The molecule has 90 valence electrons. The molecule has 0 spiro atoms. The Morgan fingerprint density at radius 1 is 1.22 bits per heavy atom. The Bertz CT molecular complexity index is 644. The fourth-order valence-corrected chi connectivity index (χ4v) is 1.96. The smallest absolute Gasteiger partial charge is 0.152 e. The molecule has 0 radical (unpaired) electrons. The van der Waals surface area contributed by atoms with E-state index < -0.39 is 0 Å². The Morgan fingerprint density at radius 3 is 3.00 bits per heavy atom. The van der Waals surface area contributed by atoms with Gasteiger partial charge in [0.05, 0.1) is 17.9 Å². The number of nitrogens with one attached hydrogen (secondary N) is 1. The second-order valence-corrected chi connectivity index (χ2v) is 4.25. The molecular weight excluding hydrogens is 248 g/mol.